The smallest absolute Gasteiger partial charge is 0.0323 e. The first kappa shape index (κ1) is 37.5. The molecule has 0 unspecified atom stereocenters. The molecule has 38 heavy (non-hydrogen) atoms. The Labute approximate surface area is 243 Å². The highest BCUT2D eigenvalue weighted by atomic mass is 14.0. The summed E-state index contributed by atoms with van der Waals surface area (Å²) in [5.74, 6) is 0. The van der Waals surface area contributed by atoms with Gasteiger partial charge in [-0.05, 0) is 45.4 Å². The number of rotatable bonds is 33. The molecule has 0 fully saturated rings. The lowest BCUT2D eigenvalue weighted by Gasteiger charge is -2.07. The summed E-state index contributed by atoms with van der Waals surface area (Å²) >= 11 is 0. The Balaban J connectivity index is 3.15. The number of allylic oxidation sites excluding steroid dienone is 3. The van der Waals surface area contributed by atoms with Crippen LogP contribution in [0.15, 0.2) is 24.3 Å². The van der Waals surface area contributed by atoms with Crippen molar-refractivity contribution >= 4 is 0 Å². The normalized spacial score (nSPS) is 11.6. The lowest BCUT2D eigenvalue weighted by molar-refractivity contribution is 0.528. The van der Waals surface area contributed by atoms with Gasteiger partial charge in [0.05, 0.1) is 0 Å². The summed E-state index contributed by atoms with van der Waals surface area (Å²) in [6, 6.07) is 0. The van der Waals surface area contributed by atoms with Crippen molar-refractivity contribution in [3.63, 3.8) is 0 Å². The Morgan fingerprint density at radius 1 is 0.395 bits per heavy atom. The molecule has 0 aliphatic rings. The quantitative estimate of drug-likeness (QED) is 0.0584. The van der Waals surface area contributed by atoms with Crippen LogP contribution in [0.25, 0.3) is 0 Å². The largest absolute Gasteiger partial charge is 0.0999 e. The second-order valence-corrected chi connectivity index (χ2v) is 12.5. The molecule has 0 atom stereocenters. The molecule has 0 N–H and O–H groups in total. The number of hydrogen-bond acceptors (Lipinski definition) is 0. The van der Waals surface area contributed by atoms with Crippen molar-refractivity contribution in [2.45, 2.75) is 219 Å². The second kappa shape index (κ2) is 34.5. The van der Waals surface area contributed by atoms with E-state index in [4.69, 9.17) is 0 Å². The molecule has 0 nitrogen and oxygen atoms in total. The molecule has 0 bridgehead atoms. The van der Waals surface area contributed by atoms with E-state index >= 15 is 0 Å². The number of hydrogen-bond donors (Lipinski definition) is 0. The maximum absolute atomic E-state index is 4.37. The Morgan fingerprint density at radius 2 is 0.658 bits per heavy atom. The standard InChI is InChI=1S/C38H74/c1-4-6-8-10-12-14-16-18-20-21-23-25-27-29-31-33-35-37-38(3)36-34-32-30-28-26-24-22-19-17-15-13-11-9-7-5-2/h4,6H,3,5,7-37H2,1-2H3. The lowest BCUT2D eigenvalue weighted by atomic mass is 10.00. The van der Waals surface area contributed by atoms with Crippen LogP contribution >= 0.6 is 0 Å². The summed E-state index contributed by atoms with van der Waals surface area (Å²) in [4.78, 5) is 0. The fraction of sp³-hybridized carbons (Fsp3) is 0.895. The minimum Gasteiger partial charge on any atom is -0.0999 e. The lowest BCUT2D eigenvalue weighted by Crippen LogP contribution is -1.87. The fourth-order valence-corrected chi connectivity index (χ4v) is 5.80. The first-order valence-corrected chi connectivity index (χ1v) is 18.1. The minimum absolute atomic E-state index is 1.28. The van der Waals surface area contributed by atoms with Gasteiger partial charge in [0.15, 0.2) is 0 Å². The zero-order chi connectivity index (χ0) is 27.6. The zero-order valence-electron chi connectivity index (χ0n) is 27.0. The van der Waals surface area contributed by atoms with Crippen LogP contribution in [-0.4, -0.2) is 0 Å². The minimum atomic E-state index is 1.28. The van der Waals surface area contributed by atoms with Gasteiger partial charge in [0.25, 0.3) is 0 Å². The number of unbranched alkanes of at least 4 members (excludes halogenated alkanes) is 28. The van der Waals surface area contributed by atoms with Gasteiger partial charge in [-0.3, -0.25) is 0 Å². The molecule has 0 aliphatic heterocycles. The molecule has 0 radical (unpaired) electrons. The molecule has 0 aromatic heterocycles. The first-order valence-electron chi connectivity index (χ1n) is 18.1. The van der Waals surface area contributed by atoms with Crippen LogP contribution in [0.3, 0.4) is 0 Å². The van der Waals surface area contributed by atoms with Gasteiger partial charge < -0.3 is 0 Å². The highest BCUT2D eigenvalue weighted by Gasteiger charge is 1.99. The van der Waals surface area contributed by atoms with Crippen LogP contribution in [0, 0.1) is 0 Å². The van der Waals surface area contributed by atoms with E-state index in [2.05, 4.69) is 32.6 Å². The SMILES string of the molecule is C=C(CCCCCCCCCCCCCCCCC)CCCCCCCCCCCCCCCCC=CC. The van der Waals surface area contributed by atoms with Crippen molar-refractivity contribution in [1.82, 2.24) is 0 Å². The summed E-state index contributed by atoms with van der Waals surface area (Å²) in [6.45, 7) is 8.80. The van der Waals surface area contributed by atoms with Gasteiger partial charge in [-0.1, -0.05) is 198 Å². The summed E-state index contributed by atoms with van der Waals surface area (Å²) in [6.07, 6.45) is 50.3. The molecule has 0 saturated heterocycles. The van der Waals surface area contributed by atoms with Crippen LogP contribution in [0.2, 0.25) is 0 Å². The van der Waals surface area contributed by atoms with E-state index in [1.165, 1.54) is 211 Å². The first-order chi connectivity index (χ1) is 18.8. The van der Waals surface area contributed by atoms with Gasteiger partial charge >= 0.3 is 0 Å². The fourth-order valence-electron chi connectivity index (χ4n) is 5.80. The summed E-state index contributed by atoms with van der Waals surface area (Å²) in [5.41, 5.74) is 1.53. The van der Waals surface area contributed by atoms with Gasteiger partial charge in [0.1, 0.15) is 0 Å². The van der Waals surface area contributed by atoms with Crippen molar-refractivity contribution in [2.24, 2.45) is 0 Å². The molecule has 0 aromatic carbocycles. The van der Waals surface area contributed by atoms with Crippen molar-refractivity contribution in [3.8, 4) is 0 Å². The van der Waals surface area contributed by atoms with Crippen LogP contribution in [0.5, 0.6) is 0 Å². The molecule has 0 spiro atoms. The molecule has 0 aliphatic carbocycles. The molecule has 0 saturated carbocycles. The average Bonchev–Trinajstić information content (AvgIpc) is 2.92. The average molecular weight is 531 g/mol. The summed E-state index contributed by atoms with van der Waals surface area (Å²) in [5, 5.41) is 0. The Kier molecular flexibility index (Phi) is 34.0. The molecule has 0 heterocycles. The summed E-state index contributed by atoms with van der Waals surface area (Å²) < 4.78 is 0. The van der Waals surface area contributed by atoms with Gasteiger partial charge in [0.2, 0.25) is 0 Å². The van der Waals surface area contributed by atoms with Gasteiger partial charge in [0, 0.05) is 0 Å². The van der Waals surface area contributed by atoms with Crippen molar-refractivity contribution in [1.29, 1.82) is 0 Å². The molecule has 0 rings (SSSR count). The molecule has 0 amide bonds. The van der Waals surface area contributed by atoms with Gasteiger partial charge in [-0.15, -0.1) is 0 Å². The second-order valence-electron chi connectivity index (χ2n) is 12.5. The maximum atomic E-state index is 4.37. The molecule has 0 aromatic rings. The Bertz CT molecular complexity index is 459. The van der Waals surface area contributed by atoms with E-state index in [9.17, 15) is 0 Å². The van der Waals surface area contributed by atoms with Crippen molar-refractivity contribution in [2.75, 3.05) is 0 Å². The third kappa shape index (κ3) is 33.5. The third-order valence-electron chi connectivity index (χ3n) is 8.52. The van der Waals surface area contributed by atoms with Crippen LogP contribution in [0.4, 0.5) is 0 Å². The van der Waals surface area contributed by atoms with E-state index in [0.717, 1.165) is 0 Å². The van der Waals surface area contributed by atoms with Crippen molar-refractivity contribution in [3.05, 3.63) is 24.3 Å². The molecule has 0 heteroatoms. The highest BCUT2D eigenvalue weighted by Crippen LogP contribution is 2.18. The Morgan fingerprint density at radius 3 is 0.947 bits per heavy atom. The third-order valence-corrected chi connectivity index (χ3v) is 8.52. The molecular weight excluding hydrogens is 456 g/mol. The summed E-state index contributed by atoms with van der Waals surface area (Å²) in [7, 11) is 0. The molecular formula is C38H74. The van der Waals surface area contributed by atoms with E-state index in [0.29, 0.717) is 0 Å². The van der Waals surface area contributed by atoms with Crippen LogP contribution in [0.1, 0.15) is 219 Å². The predicted octanol–water partition coefficient (Wildman–Crippen LogP) is 14.6. The van der Waals surface area contributed by atoms with Crippen molar-refractivity contribution < 1.29 is 0 Å². The van der Waals surface area contributed by atoms with Gasteiger partial charge in [-0.25, -0.2) is 0 Å². The Hall–Kier alpha value is -0.520. The predicted molar refractivity (Wildman–Crippen MR) is 177 cm³/mol. The monoisotopic (exact) mass is 531 g/mol. The highest BCUT2D eigenvalue weighted by molar-refractivity contribution is 4.93. The maximum Gasteiger partial charge on any atom is -0.0323 e. The van der Waals surface area contributed by atoms with E-state index in [1.807, 2.05) is 0 Å². The van der Waals surface area contributed by atoms with Gasteiger partial charge in [-0.2, -0.15) is 0 Å². The van der Waals surface area contributed by atoms with Crippen LogP contribution < -0.4 is 0 Å². The van der Waals surface area contributed by atoms with E-state index in [1.54, 1.807) is 0 Å². The topological polar surface area (TPSA) is 0 Å². The van der Waals surface area contributed by atoms with Crippen LogP contribution in [-0.2, 0) is 0 Å². The van der Waals surface area contributed by atoms with E-state index < -0.39 is 0 Å². The molecule has 226 valence electrons. The zero-order valence-corrected chi connectivity index (χ0v) is 27.0. The van der Waals surface area contributed by atoms with E-state index in [-0.39, 0.29) is 0 Å².